The van der Waals surface area contributed by atoms with Crippen LogP contribution in [-0.4, -0.2) is 11.0 Å². The van der Waals surface area contributed by atoms with Crippen LogP contribution in [0.25, 0.3) is 0 Å². The van der Waals surface area contributed by atoms with Gasteiger partial charge in [0.1, 0.15) is 0 Å². The molecule has 0 spiro atoms. The standard InChI is InChI=1S/3BrH.Cr.2H2O/h3*1H;;2*1H2/q;;;+3;;/p-3. The van der Waals surface area contributed by atoms with E-state index in [1.54, 1.807) is 0 Å². The van der Waals surface area contributed by atoms with Crippen molar-refractivity contribution in [2.45, 2.75) is 0 Å². The van der Waals surface area contributed by atoms with Crippen LogP contribution in [0.3, 0.4) is 0 Å². The summed E-state index contributed by atoms with van der Waals surface area (Å²) in [6, 6.07) is 0. The molecule has 0 aliphatic heterocycles. The summed E-state index contributed by atoms with van der Waals surface area (Å²) in [7, 11) is -0.604. The molecule has 0 bridgehead atoms. The molecule has 0 aromatic carbocycles. The van der Waals surface area contributed by atoms with Crippen LogP contribution >= 0.6 is 42.2 Å². The van der Waals surface area contributed by atoms with Crippen molar-refractivity contribution >= 4 is 42.2 Å². The van der Waals surface area contributed by atoms with E-state index in [2.05, 4.69) is 42.2 Å². The third kappa shape index (κ3) is 39.4. The topological polar surface area (TPSA) is 63.0 Å². The Labute approximate surface area is 61.3 Å². The molecule has 0 rings (SSSR count). The molecule has 4 N–H and O–H groups in total. The molecule has 0 aromatic heterocycles. The third-order valence-electron chi connectivity index (χ3n) is 0. The van der Waals surface area contributed by atoms with Crippen LogP contribution in [0.4, 0.5) is 0 Å². The Morgan fingerprint density at radius 1 is 0.833 bits per heavy atom. The van der Waals surface area contributed by atoms with Gasteiger partial charge in [0.05, 0.1) is 0 Å². The van der Waals surface area contributed by atoms with Gasteiger partial charge in [-0.25, -0.2) is 0 Å². The second-order valence-corrected chi connectivity index (χ2v) is 19.5. The minimum absolute atomic E-state index is 0. The van der Waals surface area contributed by atoms with Crippen molar-refractivity contribution < 1.29 is 19.6 Å². The van der Waals surface area contributed by atoms with Crippen LogP contribution in [0.15, 0.2) is 0 Å². The zero-order chi connectivity index (χ0) is 3.58. The van der Waals surface area contributed by atoms with Gasteiger partial charge in [-0.05, 0) is 0 Å². The van der Waals surface area contributed by atoms with E-state index in [9.17, 15) is 0 Å². The summed E-state index contributed by atoms with van der Waals surface area (Å²) in [5.74, 6) is 0. The summed E-state index contributed by atoms with van der Waals surface area (Å²) in [5.41, 5.74) is 0. The van der Waals surface area contributed by atoms with Crippen molar-refractivity contribution in [2.24, 2.45) is 0 Å². The molecule has 6 heteroatoms. The maximum atomic E-state index is 3.23. The fraction of sp³-hybridized carbons (Fsp3) is 0. The molecule has 0 atom stereocenters. The number of hydrogen-bond donors (Lipinski definition) is 0. The summed E-state index contributed by atoms with van der Waals surface area (Å²) in [6.45, 7) is 0. The first kappa shape index (κ1) is 15.7. The van der Waals surface area contributed by atoms with Crippen LogP contribution in [0.5, 0.6) is 0 Å². The van der Waals surface area contributed by atoms with Gasteiger partial charge in [-0.15, -0.1) is 0 Å². The van der Waals surface area contributed by atoms with E-state index in [0.717, 1.165) is 0 Å². The molecule has 0 saturated carbocycles. The van der Waals surface area contributed by atoms with Crippen molar-refractivity contribution in [3.8, 4) is 0 Å². The normalized spacial score (nSPS) is 6.00. The average Bonchev–Trinajstić information content (AvgIpc) is 0.811. The SMILES string of the molecule is O.O.[Br][Cr]([Br])[Br]. The van der Waals surface area contributed by atoms with E-state index in [1.165, 1.54) is 0 Å². The van der Waals surface area contributed by atoms with E-state index >= 15 is 0 Å². The first-order chi connectivity index (χ1) is 1.73. The molecule has 0 aliphatic carbocycles. The Kier molecular flexibility index (Phi) is 26.1. The molecule has 43 valence electrons. The Balaban J connectivity index is -0.0000000450. The maximum absolute atomic E-state index is 3.23. The van der Waals surface area contributed by atoms with Gasteiger partial charge in [-0.3, -0.25) is 0 Å². The van der Waals surface area contributed by atoms with Crippen LogP contribution in [0.1, 0.15) is 0 Å². The Morgan fingerprint density at radius 2 is 0.833 bits per heavy atom. The summed E-state index contributed by atoms with van der Waals surface area (Å²) >= 11 is 9.69. The van der Waals surface area contributed by atoms with E-state index < -0.39 is 8.67 Å². The van der Waals surface area contributed by atoms with Gasteiger partial charge >= 0.3 is 50.8 Å². The molecule has 6 heavy (non-hydrogen) atoms. The van der Waals surface area contributed by atoms with E-state index in [4.69, 9.17) is 0 Å². The fourth-order valence-corrected chi connectivity index (χ4v) is 0. The van der Waals surface area contributed by atoms with Crippen LogP contribution in [0.2, 0.25) is 0 Å². The minimum atomic E-state index is -0.604. The molecule has 0 saturated heterocycles. The summed E-state index contributed by atoms with van der Waals surface area (Å²) in [6.07, 6.45) is 0. The van der Waals surface area contributed by atoms with Crippen molar-refractivity contribution in [1.29, 1.82) is 0 Å². The van der Waals surface area contributed by atoms with Gasteiger partial charge in [0.15, 0.2) is 0 Å². The Morgan fingerprint density at radius 3 is 0.833 bits per heavy atom. The van der Waals surface area contributed by atoms with E-state index in [0.29, 0.717) is 0 Å². The van der Waals surface area contributed by atoms with Gasteiger partial charge in [-0.1, -0.05) is 0 Å². The number of halogens is 3. The van der Waals surface area contributed by atoms with Gasteiger partial charge in [-0.2, -0.15) is 0 Å². The Bertz CT molecular complexity index is 13.5. The second-order valence-electron chi connectivity index (χ2n) is 0.175. The summed E-state index contributed by atoms with van der Waals surface area (Å²) in [4.78, 5) is 0. The average molecular weight is 328 g/mol. The Hall–Kier alpha value is 1.89. The molecule has 0 amide bonds. The summed E-state index contributed by atoms with van der Waals surface area (Å²) in [5, 5.41) is 0. The monoisotopic (exact) mass is 325 g/mol. The molecule has 0 unspecified atom stereocenters. The first-order valence-corrected chi connectivity index (χ1v) is 9.92. The quantitative estimate of drug-likeness (QED) is 0.634. The van der Waals surface area contributed by atoms with Crippen LogP contribution in [-0.2, 0) is 8.67 Å². The molecule has 0 aromatic rings. The second kappa shape index (κ2) is 10.00. The van der Waals surface area contributed by atoms with Gasteiger partial charge < -0.3 is 11.0 Å². The van der Waals surface area contributed by atoms with Crippen LogP contribution < -0.4 is 0 Å². The molecule has 0 aliphatic rings. The molecule has 0 fully saturated rings. The number of rotatable bonds is 0. The van der Waals surface area contributed by atoms with Crippen molar-refractivity contribution in [2.75, 3.05) is 0 Å². The molecule has 0 heterocycles. The van der Waals surface area contributed by atoms with Crippen molar-refractivity contribution in [3.63, 3.8) is 0 Å². The van der Waals surface area contributed by atoms with Crippen molar-refractivity contribution in [3.05, 3.63) is 0 Å². The molecular weight excluding hydrogens is 324 g/mol. The molecule has 2 nitrogen and oxygen atoms in total. The zero-order valence-electron chi connectivity index (χ0n) is 2.54. The van der Waals surface area contributed by atoms with Crippen LogP contribution in [0, 0.1) is 0 Å². The fourth-order valence-electron chi connectivity index (χ4n) is 0. The van der Waals surface area contributed by atoms with Gasteiger partial charge in [0, 0.05) is 0 Å². The predicted octanol–water partition coefficient (Wildman–Crippen LogP) is 0.885. The molecule has 0 radical (unpaired) electrons. The predicted molar refractivity (Wildman–Crippen MR) is 34.0 cm³/mol. The third-order valence-corrected chi connectivity index (χ3v) is 0. The van der Waals surface area contributed by atoms with E-state index in [-0.39, 0.29) is 11.0 Å². The number of hydrogen-bond acceptors (Lipinski definition) is 0. The zero-order valence-corrected chi connectivity index (χ0v) is 8.58. The van der Waals surface area contributed by atoms with Gasteiger partial charge in [0.2, 0.25) is 0 Å². The van der Waals surface area contributed by atoms with Gasteiger partial charge in [0.25, 0.3) is 0 Å². The van der Waals surface area contributed by atoms with Crippen molar-refractivity contribution in [1.82, 2.24) is 0 Å². The summed E-state index contributed by atoms with van der Waals surface area (Å²) < 4.78 is 0. The first-order valence-electron chi connectivity index (χ1n) is 0.463. The van der Waals surface area contributed by atoms with E-state index in [1.807, 2.05) is 0 Å². The molecular formula is H4Br3CrO2.